The first-order chi connectivity index (χ1) is 10.1. The minimum absolute atomic E-state index is 0.0526. The lowest BCUT2D eigenvalue weighted by Crippen LogP contribution is -1.97. The number of carboxylic acid groups (broad SMARTS) is 1. The number of benzene rings is 2. The van der Waals surface area contributed by atoms with Crippen molar-refractivity contribution in [1.29, 1.82) is 0 Å². The van der Waals surface area contributed by atoms with Crippen molar-refractivity contribution >= 4 is 17.9 Å². The van der Waals surface area contributed by atoms with E-state index in [0.717, 1.165) is 5.56 Å². The molecule has 0 aliphatic carbocycles. The van der Waals surface area contributed by atoms with Crippen LogP contribution in [0, 0.1) is 0 Å². The van der Waals surface area contributed by atoms with Gasteiger partial charge in [-0.05, 0) is 42.0 Å². The Morgan fingerprint density at radius 1 is 1.29 bits per heavy atom. The fraction of sp³-hybridized carbons (Fsp3) is 0.0667. The van der Waals surface area contributed by atoms with Crippen LogP contribution in [0.1, 0.15) is 15.9 Å². The Kier molecular flexibility index (Phi) is 4.40. The van der Waals surface area contributed by atoms with Gasteiger partial charge in [-0.1, -0.05) is 6.07 Å². The van der Waals surface area contributed by atoms with Crippen LogP contribution in [0.25, 0.3) is 0 Å². The first-order valence-corrected chi connectivity index (χ1v) is 6.09. The van der Waals surface area contributed by atoms with Gasteiger partial charge in [-0.2, -0.15) is 5.10 Å². The molecule has 0 atom stereocenters. The van der Waals surface area contributed by atoms with Gasteiger partial charge in [0.1, 0.15) is 0 Å². The second-order valence-electron chi connectivity index (χ2n) is 4.19. The summed E-state index contributed by atoms with van der Waals surface area (Å²) in [6, 6.07) is 11.1. The number of methoxy groups -OCH3 is 1. The zero-order valence-corrected chi connectivity index (χ0v) is 11.3. The number of carboxylic acids is 1. The van der Waals surface area contributed by atoms with E-state index in [1.165, 1.54) is 31.5 Å². The highest BCUT2D eigenvalue weighted by molar-refractivity contribution is 5.89. The minimum Gasteiger partial charge on any atom is -0.504 e. The van der Waals surface area contributed by atoms with Gasteiger partial charge >= 0.3 is 5.97 Å². The van der Waals surface area contributed by atoms with E-state index in [1.54, 1.807) is 24.3 Å². The van der Waals surface area contributed by atoms with Crippen molar-refractivity contribution in [2.75, 3.05) is 12.5 Å². The minimum atomic E-state index is -0.995. The van der Waals surface area contributed by atoms with Gasteiger partial charge in [-0.3, -0.25) is 5.43 Å². The highest BCUT2D eigenvalue weighted by Crippen LogP contribution is 2.25. The second kappa shape index (κ2) is 6.42. The van der Waals surface area contributed by atoms with Crippen molar-refractivity contribution in [1.82, 2.24) is 0 Å². The Morgan fingerprint density at radius 2 is 2.10 bits per heavy atom. The SMILES string of the molecule is COc1cc(/C=N/Nc2cccc(C(=O)O)c2)ccc1O. The van der Waals surface area contributed by atoms with Crippen LogP contribution in [0.5, 0.6) is 11.5 Å². The van der Waals surface area contributed by atoms with Crippen LogP contribution in [0.4, 0.5) is 5.69 Å². The summed E-state index contributed by atoms with van der Waals surface area (Å²) in [7, 11) is 1.46. The maximum absolute atomic E-state index is 10.8. The average molecular weight is 286 g/mol. The van der Waals surface area contributed by atoms with Crippen molar-refractivity contribution < 1.29 is 19.7 Å². The molecule has 6 heteroatoms. The normalized spacial score (nSPS) is 10.5. The lowest BCUT2D eigenvalue weighted by atomic mass is 10.2. The van der Waals surface area contributed by atoms with Crippen LogP contribution < -0.4 is 10.2 Å². The zero-order valence-electron chi connectivity index (χ0n) is 11.3. The van der Waals surface area contributed by atoms with E-state index in [0.29, 0.717) is 11.4 Å². The van der Waals surface area contributed by atoms with Gasteiger partial charge in [0.15, 0.2) is 11.5 Å². The monoisotopic (exact) mass is 286 g/mol. The second-order valence-corrected chi connectivity index (χ2v) is 4.19. The molecule has 2 rings (SSSR count). The molecule has 0 radical (unpaired) electrons. The number of ether oxygens (including phenoxy) is 1. The van der Waals surface area contributed by atoms with Crippen LogP contribution in [-0.2, 0) is 0 Å². The molecular formula is C15H14N2O4. The molecule has 0 fully saturated rings. The molecule has 0 amide bonds. The number of aromatic hydroxyl groups is 1. The van der Waals surface area contributed by atoms with E-state index in [2.05, 4.69) is 10.5 Å². The Bertz CT molecular complexity index is 683. The molecule has 2 aromatic carbocycles. The third-order valence-electron chi connectivity index (χ3n) is 2.72. The number of hydrazone groups is 1. The maximum Gasteiger partial charge on any atom is 0.335 e. The number of anilines is 1. The zero-order chi connectivity index (χ0) is 15.2. The number of phenols is 1. The van der Waals surface area contributed by atoms with Crippen LogP contribution >= 0.6 is 0 Å². The molecular weight excluding hydrogens is 272 g/mol. The number of nitrogens with zero attached hydrogens (tertiary/aromatic N) is 1. The molecule has 0 saturated carbocycles. The fourth-order valence-corrected chi connectivity index (χ4v) is 1.68. The van der Waals surface area contributed by atoms with Gasteiger partial charge < -0.3 is 14.9 Å². The molecule has 0 spiro atoms. The standard InChI is InChI=1S/C15H14N2O4/c1-21-14-7-10(5-6-13(14)18)9-16-17-12-4-2-3-11(8-12)15(19)20/h2-9,17-18H,1H3,(H,19,20)/b16-9+. The lowest BCUT2D eigenvalue weighted by molar-refractivity contribution is 0.0697. The highest BCUT2D eigenvalue weighted by Gasteiger charge is 2.03. The fourth-order valence-electron chi connectivity index (χ4n) is 1.68. The van der Waals surface area contributed by atoms with E-state index in [4.69, 9.17) is 9.84 Å². The third kappa shape index (κ3) is 3.73. The molecule has 6 nitrogen and oxygen atoms in total. The molecule has 108 valence electrons. The summed E-state index contributed by atoms with van der Waals surface area (Å²) in [5.74, 6) is -0.588. The van der Waals surface area contributed by atoms with E-state index < -0.39 is 5.97 Å². The Balaban J connectivity index is 2.08. The van der Waals surface area contributed by atoms with E-state index in [9.17, 15) is 9.90 Å². The third-order valence-corrected chi connectivity index (χ3v) is 2.72. The molecule has 0 unspecified atom stereocenters. The van der Waals surface area contributed by atoms with Gasteiger partial charge in [0, 0.05) is 0 Å². The average Bonchev–Trinajstić information content (AvgIpc) is 2.49. The van der Waals surface area contributed by atoms with E-state index >= 15 is 0 Å². The van der Waals surface area contributed by atoms with Crippen molar-refractivity contribution in [2.24, 2.45) is 5.10 Å². The summed E-state index contributed by atoms with van der Waals surface area (Å²) >= 11 is 0. The van der Waals surface area contributed by atoms with Crippen molar-refractivity contribution in [3.63, 3.8) is 0 Å². The Labute approximate surface area is 121 Å². The summed E-state index contributed by atoms with van der Waals surface area (Å²) in [6.45, 7) is 0. The van der Waals surface area contributed by atoms with E-state index in [-0.39, 0.29) is 11.3 Å². The summed E-state index contributed by atoms with van der Waals surface area (Å²) in [6.07, 6.45) is 1.54. The summed E-state index contributed by atoms with van der Waals surface area (Å²) in [5, 5.41) is 22.4. The quantitative estimate of drug-likeness (QED) is 0.580. The molecule has 0 aliphatic heterocycles. The molecule has 0 heterocycles. The van der Waals surface area contributed by atoms with Crippen LogP contribution in [0.2, 0.25) is 0 Å². The Morgan fingerprint density at radius 3 is 2.81 bits per heavy atom. The molecule has 21 heavy (non-hydrogen) atoms. The topological polar surface area (TPSA) is 91.2 Å². The molecule has 2 aromatic rings. The maximum atomic E-state index is 10.8. The van der Waals surface area contributed by atoms with Gasteiger partial charge in [-0.25, -0.2) is 4.79 Å². The molecule has 0 saturated heterocycles. The Hall–Kier alpha value is -3.02. The van der Waals surface area contributed by atoms with Gasteiger partial charge in [0.05, 0.1) is 24.6 Å². The molecule has 0 bridgehead atoms. The first kappa shape index (κ1) is 14.4. The number of hydrogen-bond acceptors (Lipinski definition) is 5. The number of carbonyl (C=O) groups is 1. The number of aromatic carboxylic acids is 1. The van der Waals surface area contributed by atoms with Crippen molar-refractivity contribution in [2.45, 2.75) is 0 Å². The number of hydrogen-bond donors (Lipinski definition) is 3. The predicted molar refractivity (Wildman–Crippen MR) is 79.3 cm³/mol. The smallest absolute Gasteiger partial charge is 0.335 e. The number of nitrogens with one attached hydrogen (secondary N) is 1. The van der Waals surface area contributed by atoms with Gasteiger partial charge in [-0.15, -0.1) is 0 Å². The molecule has 0 aromatic heterocycles. The van der Waals surface area contributed by atoms with Crippen LogP contribution in [0.15, 0.2) is 47.6 Å². The number of rotatable bonds is 5. The van der Waals surface area contributed by atoms with Crippen LogP contribution in [0.3, 0.4) is 0 Å². The largest absolute Gasteiger partial charge is 0.504 e. The van der Waals surface area contributed by atoms with Gasteiger partial charge in [0.25, 0.3) is 0 Å². The van der Waals surface area contributed by atoms with Crippen molar-refractivity contribution in [3.05, 3.63) is 53.6 Å². The van der Waals surface area contributed by atoms with Crippen LogP contribution in [-0.4, -0.2) is 29.5 Å². The first-order valence-electron chi connectivity index (χ1n) is 6.09. The summed E-state index contributed by atoms with van der Waals surface area (Å²) < 4.78 is 4.99. The molecule has 3 N–H and O–H groups in total. The summed E-state index contributed by atoms with van der Waals surface area (Å²) in [5.41, 5.74) is 4.22. The molecule has 0 aliphatic rings. The van der Waals surface area contributed by atoms with Gasteiger partial charge in [0.2, 0.25) is 0 Å². The lowest BCUT2D eigenvalue weighted by Gasteiger charge is -2.04. The number of phenolic OH excluding ortho intramolecular Hbond substituents is 1. The predicted octanol–water partition coefficient (Wildman–Crippen LogP) is 2.55. The van der Waals surface area contributed by atoms with E-state index in [1.807, 2.05) is 0 Å². The highest BCUT2D eigenvalue weighted by atomic mass is 16.5. The summed E-state index contributed by atoms with van der Waals surface area (Å²) in [4.78, 5) is 10.8. The van der Waals surface area contributed by atoms with Crippen molar-refractivity contribution in [3.8, 4) is 11.5 Å².